The molecule has 1 atom stereocenters. The second kappa shape index (κ2) is 12.8. The first kappa shape index (κ1) is 29.2. The van der Waals surface area contributed by atoms with Crippen LogP contribution in [0.4, 0.5) is 17.1 Å². The number of hydrogen-bond acceptors (Lipinski definition) is 1. The van der Waals surface area contributed by atoms with E-state index in [1.54, 1.807) is 0 Å². The fraction of sp³-hybridized carbons (Fsp3) is 0. The summed E-state index contributed by atoms with van der Waals surface area (Å²) in [5.41, 5.74) is 10.8. The molecule has 0 radical (unpaired) electrons. The Labute approximate surface area is 281 Å². The molecule has 47 heavy (non-hydrogen) atoms. The van der Waals surface area contributed by atoms with Gasteiger partial charge in [-0.05, 0) is 110 Å². The average molecular weight is 636 g/mol. The van der Waals surface area contributed by atoms with E-state index >= 15 is 0 Å². The number of rotatable bonds is 7. The molecule has 0 fully saturated rings. The number of hydrogen-bond donors (Lipinski definition) is 0. The lowest BCUT2D eigenvalue weighted by Gasteiger charge is -2.26. The van der Waals surface area contributed by atoms with Gasteiger partial charge in [-0.15, -0.1) is 0 Å². The Morgan fingerprint density at radius 1 is 0.319 bits per heavy atom. The van der Waals surface area contributed by atoms with Crippen molar-refractivity contribution in [3.8, 4) is 33.4 Å². The Kier molecular flexibility index (Phi) is 7.97. The molecule has 0 saturated heterocycles. The molecule has 1 unspecified atom stereocenters. The minimum Gasteiger partial charge on any atom is -0.311 e. The van der Waals surface area contributed by atoms with Gasteiger partial charge in [0.1, 0.15) is 0 Å². The molecule has 0 aliphatic heterocycles. The first-order valence-corrected chi connectivity index (χ1v) is 20.1. The molecule has 0 aliphatic carbocycles. The summed E-state index contributed by atoms with van der Waals surface area (Å²) in [6.45, 7) is 0. The molecule has 0 saturated carbocycles. The van der Waals surface area contributed by atoms with Gasteiger partial charge in [0, 0.05) is 17.1 Å². The SMILES string of the molecule is P[SiH2]c1ccc(N(c2ccc(-c3ccc4ccccc4c3)cc2)c2ccc(-c3ccc4ccc(-c5ccccc5)cc4c3)cc2)cc1. The normalized spacial score (nSPS) is 11.4. The van der Waals surface area contributed by atoms with Gasteiger partial charge in [0.15, 0.2) is 0 Å². The Morgan fingerprint density at radius 3 is 1.21 bits per heavy atom. The van der Waals surface area contributed by atoms with Gasteiger partial charge in [-0.2, -0.15) is 8.79 Å². The van der Waals surface area contributed by atoms with E-state index in [4.69, 9.17) is 0 Å². The second-order valence-electron chi connectivity index (χ2n) is 12.0. The third kappa shape index (κ3) is 6.02. The molecule has 0 amide bonds. The van der Waals surface area contributed by atoms with Crippen molar-refractivity contribution in [3.05, 3.63) is 182 Å². The van der Waals surface area contributed by atoms with Crippen molar-refractivity contribution >= 4 is 61.8 Å². The van der Waals surface area contributed by atoms with Crippen LogP contribution in [0, 0.1) is 0 Å². The third-order valence-corrected chi connectivity index (χ3v) is 11.4. The minimum absolute atomic E-state index is 0.296. The second-order valence-corrected chi connectivity index (χ2v) is 14.5. The van der Waals surface area contributed by atoms with Crippen molar-refractivity contribution < 1.29 is 0 Å². The van der Waals surface area contributed by atoms with Crippen molar-refractivity contribution in [1.29, 1.82) is 0 Å². The summed E-state index contributed by atoms with van der Waals surface area (Å²) in [4.78, 5) is 2.36. The van der Waals surface area contributed by atoms with Crippen molar-refractivity contribution in [2.45, 2.75) is 0 Å². The maximum Gasteiger partial charge on any atom is 0.0751 e. The van der Waals surface area contributed by atoms with Gasteiger partial charge in [-0.3, -0.25) is 0 Å². The Balaban J connectivity index is 1.13. The van der Waals surface area contributed by atoms with E-state index < -0.39 is 0 Å². The van der Waals surface area contributed by atoms with Gasteiger partial charge in [-0.25, -0.2) is 0 Å². The van der Waals surface area contributed by atoms with Crippen LogP contribution in [-0.4, -0.2) is 9.19 Å². The van der Waals surface area contributed by atoms with Crippen molar-refractivity contribution in [2.24, 2.45) is 0 Å². The highest BCUT2D eigenvalue weighted by molar-refractivity contribution is 7.58. The zero-order chi connectivity index (χ0) is 31.6. The molecule has 3 heteroatoms. The van der Waals surface area contributed by atoms with Crippen LogP contribution in [0.2, 0.25) is 0 Å². The topological polar surface area (TPSA) is 3.24 Å². The average Bonchev–Trinajstić information content (AvgIpc) is 3.15. The van der Waals surface area contributed by atoms with E-state index in [2.05, 4.69) is 196 Å². The summed E-state index contributed by atoms with van der Waals surface area (Å²) >= 11 is 0. The Bertz CT molecular complexity index is 2310. The van der Waals surface area contributed by atoms with Gasteiger partial charge in [0.2, 0.25) is 0 Å². The molecule has 0 aliphatic rings. The molecule has 0 aromatic heterocycles. The molecule has 8 rings (SSSR count). The first-order valence-electron chi connectivity index (χ1n) is 16.1. The molecule has 8 aromatic rings. The Hall–Kier alpha value is -5.27. The minimum atomic E-state index is -0.296. The first-order chi connectivity index (χ1) is 23.2. The highest BCUT2D eigenvalue weighted by Crippen LogP contribution is 2.37. The van der Waals surface area contributed by atoms with E-state index in [0.29, 0.717) is 0 Å². The zero-order valence-electron chi connectivity index (χ0n) is 26.1. The van der Waals surface area contributed by atoms with Gasteiger partial charge in [0.25, 0.3) is 0 Å². The number of benzene rings is 8. The van der Waals surface area contributed by atoms with Crippen LogP contribution in [0.3, 0.4) is 0 Å². The maximum absolute atomic E-state index is 2.96. The summed E-state index contributed by atoms with van der Waals surface area (Å²) in [6, 6.07) is 66.4. The molecule has 0 spiro atoms. The third-order valence-electron chi connectivity index (χ3n) is 9.04. The molecule has 1 nitrogen and oxygen atoms in total. The van der Waals surface area contributed by atoms with Gasteiger partial charge in [0.05, 0.1) is 9.19 Å². The molecular weight excluding hydrogens is 602 g/mol. The lowest BCUT2D eigenvalue weighted by atomic mass is 9.97. The number of nitrogens with zero attached hydrogens (tertiary/aromatic N) is 1. The van der Waals surface area contributed by atoms with Crippen LogP contribution < -0.4 is 10.1 Å². The predicted molar refractivity (Wildman–Crippen MR) is 210 cm³/mol. The van der Waals surface area contributed by atoms with E-state index in [1.165, 1.54) is 60.1 Å². The number of anilines is 3. The standard InChI is InChI=1S/C44H34NPSi/c46-47-44-26-24-43(25-27-44)45(41-20-16-33(17-21-41)37-13-10-32-8-4-5-9-36(32)28-37)42-22-18-34(19-23-42)39-15-12-35-11-14-38(29-40(35)30-39)31-6-2-1-3-7-31/h1-30H,46-47H2. The van der Waals surface area contributed by atoms with E-state index in [9.17, 15) is 0 Å². The molecule has 224 valence electrons. The van der Waals surface area contributed by atoms with Crippen LogP contribution in [-0.2, 0) is 0 Å². The lowest BCUT2D eigenvalue weighted by molar-refractivity contribution is 1.29. The quantitative estimate of drug-likeness (QED) is 0.124. The van der Waals surface area contributed by atoms with Crippen molar-refractivity contribution in [1.82, 2.24) is 0 Å². The molecular formula is C44H34NPSi. The van der Waals surface area contributed by atoms with Crippen LogP contribution in [0.1, 0.15) is 0 Å². The Morgan fingerprint density at radius 2 is 0.702 bits per heavy atom. The summed E-state index contributed by atoms with van der Waals surface area (Å²) in [5.74, 6) is 0. The smallest absolute Gasteiger partial charge is 0.0751 e. The van der Waals surface area contributed by atoms with Gasteiger partial charge < -0.3 is 4.90 Å². The highest BCUT2D eigenvalue weighted by Gasteiger charge is 2.14. The summed E-state index contributed by atoms with van der Waals surface area (Å²) in [7, 11) is 2.67. The molecule has 0 heterocycles. The fourth-order valence-electron chi connectivity index (χ4n) is 6.44. The van der Waals surface area contributed by atoms with Crippen LogP contribution in [0.25, 0.3) is 54.9 Å². The molecule has 8 aromatic carbocycles. The van der Waals surface area contributed by atoms with Gasteiger partial charge >= 0.3 is 0 Å². The van der Waals surface area contributed by atoms with Crippen molar-refractivity contribution in [3.63, 3.8) is 0 Å². The monoisotopic (exact) mass is 635 g/mol. The number of fused-ring (bicyclic) bond motifs is 2. The summed E-state index contributed by atoms with van der Waals surface area (Å²) in [5, 5.41) is 6.46. The van der Waals surface area contributed by atoms with Crippen LogP contribution in [0.15, 0.2) is 182 Å². The van der Waals surface area contributed by atoms with Crippen LogP contribution in [0.5, 0.6) is 0 Å². The predicted octanol–water partition coefficient (Wildman–Crippen LogP) is 11.0. The lowest BCUT2D eigenvalue weighted by Crippen LogP contribution is -2.13. The molecule has 0 bridgehead atoms. The zero-order valence-corrected chi connectivity index (χ0v) is 28.6. The molecule has 0 N–H and O–H groups in total. The van der Waals surface area contributed by atoms with Crippen molar-refractivity contribution in [2.75, 3.05) is 4.90 Å². The van der Waals surface area contributed by atoms with E-state index in [-0.39, 0.29) is 9.19 Å². The summed E-state index contributed by atoms with van der Waals surface area (Å²) in [6.07, 6.45) is 0. The maximum atomic E-state index is 2.96. The fourth-order valence-corrected chi connectivity index (χ4v) is 7.76. The highest BCUT2D eigenvalue weighted by atomic mass is 31.3. The van der Waals surface area contributed by atoms with E-state index in [1.807, 2.05) is 0 Å². The largest absolute Gasteiger partial charge is 0.311 e. The van der Waals surface area contributed by atoms with Crippen LogP contribution >= 0.6 is 8.79 Å². The van der Waals surface area contributed by atoms with E-state index in [0.717, 1.165) is 17.1 Å². The summed E-state index contributed by atoms with van der Waals surface area (Å²) < 4.78 is 0. The van der Waals surface area contributed by atoms with Gasteiger partial charge in [-0.1, -0.05) is 133 Å².